The zero-order valence-corrected chi connectivity index (χ0v) is 13.0. The number of rotatable bonds is 6. The van der Waals surface area contributed by atoms with Crippen LogP contribution in [0.25, 0.3) is 0 Å². The fourth-order valence-electron chi connectivity index (χ4n) is 2.04. The standard InChI is InChI=1S/C17H27NO2/c1-5-13(14-9-7-6-8-10-14)11-16(20)18-12-15(19)17(2,3)4/h6-10,13,15,19H,5,11-12H2,1-4H3,(H,18,20). The second-order valence-corrected chi connectivity index (χ2v) is 6.41. The number of aliphatic hydroxyl groups excluding tert-OH is 1. The Morgan fingerprint density at radius 1 is 1.25 bits per heavy atom. The Morgan fingerprint density at radius 3 is 2.35 bits per heavy atom. The SMILES string of the molecule is CCC(CC(=O)NCC(O)C(C)(C)C)c1ccccc1. The quantitative estimate of drug-likeness (QED) is 0.839. The van der Waals surface area contributed by atoms with E-state index in [1.807, 2.05) is 39.0 Å². The van der Waals surface area contributed by atoms with Crippen molar-refractivity contribution in [2.24, 2.45) is 5.41 Å². The van der Waals surface area contributed by atoms with Crippen molar-refractivity contribution in [3.63, 3.8) is 0 Å². The highest BCUT2D eigenvalue weighted by atomic mass is 16.3. The molecule has 0 aliphatic rings. The number of hydrogen-bond acceptors (Lipinski definition) is 2. The summed E-state index contributed by atoms with van der Waals surface area (Å²) in [7, 11) is 0. The monoisotopic (exact) mass is 277 g/mol. The van der Waals surface area contributed by atoms with Crippen LogP contribution in [0.5, 0.6) is 0 Å². The number of aliphatic hydroxyl groups is 1. The van der Waals surface area contributed by atoms with Gasteiger partial charge in [0.25, 0.3) is 0 Å². The Morgan fingerprint density at radius 2 is 1.85 bits per heavy atom. The van der Waals surface area contributed by atoms with Gasteiger partial charge >= 0.3 is 0 Å². The molecule has 2 atom stereocenters. The lowest BCUT2D eigenvalue weighted by molar-refractivity contribution is -0.122. The third-order valence-electron chi connectivity index (χ3n) is 3.69. The average Bonchev–Trinajstić information content (AvgIpc) is 2.42. The smallest absolute Gasteiger partial charge is 0.220 e. The summed E-state index contributed by atoms with van der Waals surface area (Å²) in [5.74, 6) is 0.243. The first-order valence-electron chi connectivity index (χ1n) is 7.34. The zero-order valence-electron chi connectivity index (χ0n) is 13.0. The van der Waals surface area contributed by atoms with Crippen molar-refractivity contribution in [3.8, 4) is 0 Å². The van der Waals surface area contributed by atoms with Crippen molar-refractivity contribution >= 4 is 5.91 Å². The first-order valence-corrected chi connectivity index (χ1v) is 7.34. The van der Waals surface area contributed by atoms with Gasteiger partial charge in [0.05, 0.1) is 6.10 Å². The minimum Gasteiger partial charge on any atom is -0.391 e. The molecule has 0 bridgehead atoms. The zero-order chi connectivity index (χ0) is 15.2. The maximum absolute atomic E-state index is 12.0. The summed E-state index contributed by atoms with van der Waals surface area (Å²) in [5, 5.41) is 12.8. The molecule has 1 amide bonds. The van der Waals surface area contributed by atoms with Gasteiger partial charge in [0.15, 0.2) is 0 Å². The molecule has 1 aromatic carbocycles. The van der Waals surface area contributed by atoms with Gasteiger partial charge in [-0.2, -0.15) is 0 Å². The van der Waals surface area contributed by atoms with E-state index in [2.05, 4.69) is 24.4 Å². The number of benzene rings is 1. The molecule has 0 aliphatic carbocycles. The van der Waals surface area contributed by atoms with Crippen LogP contribution in [0, 0.1) is 5.41 Å². The van der Waals surface area contributed by atoms with Gasteiger partial charge in [0.2, 0.25) is 5.91 Å². The topological polar surface area (TPSA) is 49.3 Å². The fourth-order valence-corrected chi connectivity index (χ4v) is 2.04. The van der Waals surface area contributed by atoms with Gasteiger partial charge in [-0.05, 0) is 23.3 Å². The molecule has 0 aromatic heterocycles. The van der Waals surface area contributed by atoms with E-state index >= 15 is 0 Å². The molecule has 0 spiro atoms. The molecule has 0 aliphatic heterocycles. The van der Waals surface area contributed by atoms with Gasteiger partial charge in [-0.15, -0.1) is 0 Å². The van der Waals surface area contributed by atoms with Gasteiger partial charge in [0.1, 0.15) is 0 Å². The predicted molar refractivity (Wildman–Crippen MR) is 82.6 cm³/mol. The second-order valence-electron chi connectivity index (χ2n) is 6.41. The number of hydrogen-bond donors (Lipinski definition) is 2. The highest BCUT2D eigenvalue weighted by molar-refractivity contribution is 5.76. The molecule has 3 nitrogen and oxygen atoms in total. The van der Waals surface area contributed by atoms with E-state index in [1.165, 1.54) is 5.56 Å². The first kappa shape index (κ1) is 16.7. The summed E-state index contributed by atoms with van der Waals surface area (Å²) < 4.78 is 0. The summed E-state index contributed by atoms with van der Waals surface area (Å²) in [6.45, 7) is 8.29. The molecule has 2 N–H and O–H groups in total. The van der Waals surface area contributed by atoms with E-state index in [9.17, 15) is 9.90 Å². The molecule has 3 heteroatoms. The summed E-state index contributed by atoms with van der Waals surface area (Å²) in [6.07, 6.45) is 0.875. The largest absolute Gasteiger partial charge is 0.391 e. The van der Waals surface area contributed by atoms with Gasteiger partial charge in [-0.3, -0.25) is 4.79 Å². The minimum absolute atomic E-state index is 0.00371. The lowest BCUT2D eigenvalue weighted by Crippen LogP contribution is -2.39. The molecule has 0 radical (unpaired) electrons. The minimum atomic E-state index is -0.525. The van der Waals surface area contributed by atoms with Gasteiger partial charge in [-0.25, -0.2) is 0 Å². The maximum atomic E-state index is 12.0. The van der Waals surface area contributed by atoms with E-state index in [4.69, 9.17) is 0 Å². The predicted octanol–water partition coefficient (Wildman–Crippen LogP) is 3.09. The number of carbonyl (C=O) groups excluding carboxylic acids is 1. The average molecular weight is 277 g/mol. The van der Waals surface area contributed by atoms with Crippen molar-refractivity contribution < 1.29 is 9.90 Å². The molecule has 0 fully saturated rings. The third kappa shape index (κ3) is 5.33. The normalized spacial score (nSPS) is 14.7. The highest BCUT2D eigenvalue weighted by Crippen LogP contribution is 2.23. The summed E-state index contributed by atoms with van der Waals surface area (Å²) >= 11 is 0. The number of nitrogens with one attached hydrogen (secondary N) is 1. The van der Waals surface area contributed by atoms with Gasteiger partial charge < -0.3 is 10.4 Å². The van der Waals surface area contributed by atoms with E-state index in [-0.39, 0.29) is 17.2 Å². The molecule has 0 heterocycles. The van der Waals surface area contributed by atoms with Crippen molar-refractivity contribution in [3.05, 3.63) is 35.9 Å². The Hall–Kier alpha value is -1.35. The number of carbonyl (C=O) groups is 1. The van der Waals surface area contributed by atoms with Crippen LogP contribution in [-0.4, -0.2) is 23.7 Å². The number of amides is 1. The van der Waals surface area contributed by atoms with Gasteiger partial charge in [0, 0.05) is 13.0 Å². The van der Waals surface area contributed by atoms with Crippen LogP contribution in [0.1, 0.15) is 52.0 Å². The van der Waals surface area contributed by atoms with Crippen LogP contribution in [0.15, 0.2) is 30.3 Å². The fraction of sp³-hybridized carbons (Fsp3) is 0.588. The lowest BCUT2D eigenvalue weighted by atomic mass is 9.89. The Labute approximate surface area is 122 Å². The van der Waals surface area contributed by atoms with Crippen LogP contribution in [0.4, 0.5) is 0 Å². The molecule has 1 aromatic rings. The van der Waals surface area contributed by atoms with E-state index < -0.39 is 6.10 Å². The van der Waals surface area contributed by atoms with Crippen LogP contribution in [-0.2, 0) is 4.79 Å². The summed E-state index contributed by atoms with van der Waals surface area (Å²) in [4.78, 5) is 12.0. The van der Waals surface area contributed by atoms with E-state index in [0.717, 1.165) is 6.42 Å². The Bertz CT molecular complexity index is 409. The molecular weight excluding hydrogens is 250 g/mol. The summed E-state index contributed by atoms with van der Waals surface area (Å²) in [5.41, 5.74) is 0.984. The van der Waals surface area contributed by atoms with E-state index in [0.29, 0.717) is 13.0 Å². The highest BCUT2D eigenvalue weighted by Gasteiger charge is 2.23. The van der Waals surface area contributed by atoms with Gasteiger partial charge in [-0.1, -0.05) is 58.0 Å². The summed E-state index contributed by atoms with van der Waals surface area (Å²) in [6, 6.07) is 10.1. The van der Waals surface area contributed by atoms with E-state index in [1.54, 1.807) is 0 Å². The van der Waals surface area contributed by atoms with Crippen LogP contribution in [0.3, 0.4) is 0 Å². The molecule has 0 saturated heterocycles. The van der Waals surface area contributed by atoms with Crippen LogP contribution < -0.4 is 5.32 Å². The van der Waals surface area contributed by atoms with Crippen molar-refractivity contribution in [2.45, 2.75) is 52.6 Å². The van der Waals surface area contributed by atoms with Crippen LogP contribution >= 0.6 is 0 Å². The molecule has 1 rings (SSSR count). The first-order chi connectivity index (χ1) is 9.34. The van der Waals surface area contributed by atoms with Crippen LogP contribution in [0.2, 0.25) is 0 Å². The molecule has 0 saturated carbocycles. The second kappa shape index (κ2) is 7.44. The Kier molecular flexibility index (Phi) is 6.21. The molecular formula is C17H27NO2. The maximum Gasteiger partial charge on any atom is 0.220 e. The third-order valence-corrected chi connectivity index (χ3v) is 3.69. The van der Waals surface area contributed by atoms with Crippen molar-refractivity contribution in [1.29, 1.82) is 0 Å². The van der Waals surface area contributed by atoms with Crippen molar-refractivity contribution in [2.75, 3.05) is 6.54 Å². The molecule has 20 heavy (non-hydrogen) atoms. The lowest BCUT2D eigenvalue weighted by Gasteiger charge is -2.26. The Balaban J connectivity index is 2.49. The van der Waals surface area contributed by atoms with Crippen molar-refractivity contribution in [1.82, 2.24) is 5.32 Å². The molecule has 2 unspecified atom stereocenters. The molecule has 112 valence electrons.